The molecule has 1 aromatic rings. The van der Waals surface area contributed by atoms with Crippen LogP contribution in [0.25, 0.3) is 0 Å². The average molecular weight is 356 g/mol. The second kappa shape index (κ2) is 7.43. The van der Waals surface area contributed by atoms with E-state index in [1.54, 1.807) is 13.8 Å². The summed E-state index contributed by atoms with van der Waals surface area (Å²) >= 11 is 0. The highest BCUT2D eigenvalue weighted by atomic mass is 32.2. The Morgan fingerprint density at radius 3 is 2.08 bits per heavy atom. The molecule has 0 saturated heterocycles. The quantitative estimate of drug-likeness (QED) is 0.676. The molecule has 1 aromatic carbocycles. The van der Waals surface area contributed by atoms with Gasteiger partial charge in [-0.3, -0.25) is 14.4 Å². The number of sulfonamides is 1. The van der Waals surface area contributed by atoms with Gasteiger partial charge in [0, 0.05) is 19.0 Å². The highest BCUT2D eigenvalue weighted by molar-refractivity contribution is 7.90. The molecule has 0 radical (unpaired) electrons. The third-order valence-corrected chi connectivity index (χ3v) is 4.44. The molecular weight excluding hydrogens is 336 g/mol. The van der Waals surface area contributed by atoms with Gasteiger partial charge in [-0.2, -0.15) is 0 Å². The number of anilines is 1. The lowest BCUT2D eigenvalue weighted by Gasteiger charge is -2.21. The molecule has 0 aromatic heterocycles. The summed E-state index contributed by atoms with van der Waals surface area (Å²) < 4.78 is 25.4. The van der Waals surface area contributed by atoms with Gasteiger partial charge in [0.05, 0.1) is 11.3 Å². The van der Waals surface area contributed by atoms with Crippen molar-refractivity contribution in [1.29, 1.82) is 0 Å². The van der Waals surface area contributed by atoms with Gasteiger partial charge in [-0.15, -0.1) is 0 Å². The van der Waals surface area contributed by atoms with Crippen molar-refractivity contribution in [3.8, 4) is 0 Å². The van der Waals surface area contributed by atoms with E-state index >= 15 is 0 Å². The monoisotopic (exact) mass is 356 g/mol. The molecule has 0 aliphatic rings. The van der Waals surface area contributed by atoms with Gasteiger partial charge in [-0.25, -0.2) is 13.1 Å². The number of nitrogens with one attached hydrogen (secondary N) is 2. The fraction of sp³-hybridized carbons (Fsp3) is 0.400. The number of rotatable bonds is 7. The summed E-state index contributed by atoms with van der Waals surface area (Å²) in [4.78, 5) is 33.5. The van der Waals surface area contributed by atoms with Crippen molar-refractivity contribution in [3.05, 3.63) is 24.3 Å². The molecular formula is C15H20N2O6S. The molecule has 0 unspecified atom stereocenters. The first-order chi connectivity index (χ1) is 10.9. The summed E-state index contributed by atoms with van der Waals surface area (Å²) in [6, 6.07) is 5.28. The van der Waals surface area contributed by atoms with E-state index < -0.39 is 27.3 Å². The lowest BCUT2D eigenvalue weighted by Crippen LogP contribution is -2.28. The Bertz CT molecular complexity index is 738. The number of hydrogen-bond acceptors (Lipinski definition) is 5. The first-order valence-corrected chi connectivity index (χ1v) is 8.55. The SMILES string of the molecule is CC(=O)NS(=O)(=O)c1ccc(NC(=O)CC(C)(C)CC(=O)O)cc1. The largest absolute Gasteiger partial charge is 0.481 e. The van der Waals surface area contributed by atoms with E-state index in [9.17, 15) is 22.8 Å². The summed E-state index contributed by atoms with van der Waals surface area (Å²) in [6.07, 6.45) is -0.139. The highest BCUT2D eigenvalue weighted by Gasteiger charge is 2.25. The van der Waals surface area contributed by atoms with Gasteiger partial charge in [-0.05, 0) is 29.7 Å². The minimum Gasteiger partial charge on any atom is -0.481 e. The molecule has 8 nitrogen and oxygen atoms in total. The van der Waals surface area contributed by atoms with Crippen molar-refractivity contribution >= 4 is 33.5 Å². The maximum absolute atomic E-state index is 12.0. The Morgan fingerprint density at radius 1 is 1.08 bits per heavy atom. The summed E-state index contributed by atoms with van der Waals surface area (Å²) in [6.45, 7) is 4.43. The fourth-order valence-corrected chi connectivity index (χ4v) is 3.07. The number of carbonyl (C=O) groups is 3. The van der Waals surface area contributed by atoms with Crippen molar-refractivity contribution in [1.82, 2.24) is 4.72 Å². The third-order valence-electron chi connectivity index (χ3n) is 3.00. The van der Waals surface area contributed by atoms with E-state index in [1.165, 1.54) is 24.3 Å². The molecule has 0 bridgehead atoms. The van der Waals surface area contributed by atoms with Crippen molar-refractivity contribution < 1.29 is 27.9 Å². The van der Waals surface area contributed by atoms with Gasteiger partial charge in [0.1, 0.15) is 0 Å². The van der Waals surface area contributed by atoms with E-state index in [4.69, 9.17) is 5.11 Å². The van der Waals surface area contributed by atoms with Crippen LogP contribution in [-0.2, 0) is 24.4 Å². The Labute approximate surface area is 140 Å². The normalized spacial score (nSPS) is 11.6. The Hall–Kier alpha value is -2.42. The van der Waals surface area contributed by atoms with Gasteiger partial charge in [0.2, 0.25) is 11.8 Å². The molecule has 0 aliphatic heterocycles. The van der Waals surface area contributed by atoms with Crippen molar-refractivity contribution in [2.24, 2.45) is 5.41 Å². The van der Waals surface area contributed by atoms with E-state index in [-0.39, 0.29) is 23.6 Å². The molecule has 24 heavy (non-hydrogen) atoms. The van der Waals surface area contributed by atoms with Crippen LogP contribution >= 0.6 is 0 Å². The van der Waals surface area contributed by atoms with Crippen LogP contribution in [0.1, 0.15) is 33.6 Å². The molecule has 9 heteroatoms. The molecule has 0 spiro atoms. The molecule has 0 fully saturated rings. The zero-order chi connectivity index (χ0) is 18.5. The Kier molecular flexibility index (Phi) is 6.08. The second-order valence-electron chi connectivity index (χ2n) is 6.15. The second-order valence-corrected chi connectivity index (χ2v) is 7.83. The van der Waals surface area contributed by atoms with Crippen molar-refractivity contribution in [2.45, 2.75) is 38.5 Å². The van der Waals surface area contributed by atoms with Crippen LogP contribution in [0.2, 0.25) is 0 Å². The zero-order valence-electron chi connectivity index (χ0n) is 13.6. The molecule has 0 saturated carbocycles. The topological polar surface area (TPSA) is 130 Å². The van der Waals surface area contributed by atoms with Crippen LogP contribution in [0, 0.1) is 5.41 Å². The number of benzene rings is 1. The average Bonchev–Trinajstić information content (AvgIpc) is 2.34. The van der Waals surface area contributed by atoms with Crippen molar-refractivity contribution in [3.63, 3.8) is 0 Å². The molecule has 0 aliphatic carbocycles. The van der Waals surface area contributed by atoms with E-state index in [2.05, 4.69) is 5.32 Å². The van der Waals surface area contributed by atoms with Crippen LogP contribution < -0.4 is 10.0 Å². The predicted octanol–water partition coefficient (Wildman–Crippen LogP) is 1.34. The molecule has 0 atom stereocenters. The molecule has 1 rings (SSSR count). The van der Waals surface area contributed by atoms with Crippen LogP contribution in [0.4, 0.5) is 5.69 Å². The van der Waals surface area contributed by atoms with Crippen LogP contribution in [0.15, 0.2) is 29.2 Å². The number of hydrogen-bond donors (Lipinski definition) is 3. The van der Waals surface area contributed by atoms with Gasteiger partial charge in [0.15, 0.2) is 0 Å². The number of carbonyl (C=O) groups excluding carboxylic acids is 2. The smallest absolute Gasteiger partial charge is 0.303 e. The lowest BCUT2D eigenvalue weighted by atomic mass is 9.85. The zero-order valence-corrected chi connectivity index (χ0v) is 14.4. The van der Waals surface area contributed by atoms with Gasteiger partial charge >= 0.3 is 5.97 Å². The van der Waals surface area contributed by atoms with E-state index in [0.29, 0.717) is 5.69 Å². The first-order valence-electron chi connectivity index (χ1n) is 7.06. The van der Waals surface area contributed by atoms with E-state index in [1.807, 2.05) is 4.72 Å². The van der Waals surface area contributed by atoms with Gasteiger partial charge in [-0.1, -0.05) is 13.8 Å². The van der Waals surface area contributed by atoms with Crippen LogP contribution in [0.5, 0.6) is 0 Å². The van der Waals surface area contributed by atoms with Gasteiger partial charge in [0.25, 0.3) is 10.0 Å². The summed E-state index contributed by atoms with van der Waals surface area (Å²) in [5.74, 6) is -2.06. The number of carboxylic acids is 1. The molecule has 2 amide bonds. The third kappa shape index (κ3) is 6.37. The molecule has 132 valence electrons. The maximum Gasteiger partial charge on any atom is 0.303 e. The van der Waals surface area contributed by atoms with E-state index in [0.717, 1.165) is 6.92 Å². The minimum absolute atomic E-state index is 0.00520. The number of carboxylic acid groups (broad SMARTS) is 1. The molecule has 3 N–H and O–H groups in total. The predicted molar refractivity (Wildman–Crippen MR) is 86.7 cm³/mol. The Morgan fingerprint density at radius 2 is 1.62 bits per heavy atom. The summed E-state index contributed by atoms with van der Waals surface area (Å²) in [5.41, 5.74) is -0.335. The summed E-state index contributed by atoms with van der Waals surface area (Å²) in [7, 11) is -3.92. The van der Waals surface area contributed by atoms with Gasteiger partial charge < -0.3 is 10.4 Å². The fourth-order valence-electron chi connectivity index (χ4n) is 2.08. The summed E-state index contributed by atoms with van der Waals surface area (Å²) in [5, 5.41) is 11.4. The first kappa shape index (κ1) is 19.6. The Balaban J connectivity index is 2.76. The lowest BCUT2D eigenvalue weighted by molar-refractivity contribution is -0.139. The number of amides is 2. The standard InChI is InChI=1S/C15H20N2O6S/c1-10(18)17-24(22,23)12-6-4-11(5-7-12)16-13(19)8-15(2,3)9-14(20)21/h4-7H,8-9H2,1-3H3,(H,16,19)(H,17,18)(H,20,21). The number of aliphatic carboxylic acids is 1. The minimum atomic E-state index is -3.92. The van der Waals surface area contributed by atoms with Crippen LogP contribution in [0.3, 0.4) is 0 Å². The van der Waals surface area contributed by atoms with Crippen molar-refractivity contribution in [2.75, 3.05) is 5.32 Å². The highest BCUT2D eigenvalue weighted by Crippen LogP contribution is 2.25. The molecule has 0 heterocycles. The maximum atomic E-state index is 12.0. The van der Waals surface area contributed by atoms with Crippen LogP contribution in [-0.4, -0.2) is 31.3 Å².